The number of nitrogens with one attached hydrogen (secondary N) is 1. The second-order valence-corrected chi connectivity index (χ2v) is 15.3. The van der Waals surface area contributed by atoms with Crippen molar-refractivity contribution in [3.8, 4) is 0 Å². The minimum Gasteiger partial charge on any atom is -0.397 e. The fourth-order valence-corrected chi connectivity index (χ4v) is 11.3. The van der Waals surface area contributed by atoms with Gasteiger partial charge in [-0.25, -0.2) is 0 Å². The molecule has 2 nitrogen and oxygen atoms in total. The molecule has 54 heavy (non-hydrogen) atoms. The summed E-state index contributed by atoms with van der Waals surface area (Å²) in [6, 6.07) is 70.3. The largest absolute Gasteiger partial charge is 0.397 e. The Bertz CT molecular complexity index is 2460. The van der Waals surface area contributed by atoms with Crippen molar-refractivity contribution in [2.24, 2.45) is 0 Å². The van der Waals surface area contributed by atoms with Gasteiger partial charge in [-0.1, -0.05) is 176 Å². The van der Waals surface area contributed by atoms with E-state index in [1.165, 1.54) is 77.9 Å². The monoisotopic (exact) mass is 688 g/mol. The van der Waals surface area contributed by atoms with Crippen LogP contribution in [0, 0.1) is 0 Å². The van der Waals surface area contributed by atoms with E-state index in [-0.39, 0.29) is 11.8 Å². The number of benzene rings is 8. The van der Waals surface area contributed by atoms with Gasteiger partial charge in [0, 0.05) is 17.5 Å². The first-order valence-corrected chi connectivity index (χ1v) is 19.1. The molecule has 0 aliphatic heterocycles. The minimum atomic E-state index is -0.596. The summed E-state index contributed by atoms with van der Waals surface area (Å²) in [5, 5.41) is 4.12. The lowest BCUT2D eigenvalue weighted by Crippen LogP contribution is -2.45. The molecular formula is C52H36N2. The number of nitrogen functional groups attached to an aromatic ring is 1. The summed E-state index contributed by atoms with van der Waals surface area (Å²) in [7, 11) is 0. The predicted molar refractivity (Wildman–Crippen MR) is 219 cm³/mol. The van der Waals surface area contributed by atoms with E-state index in [0.29, 0.717) is 0 Å². The molecule has 14 rings (SSSR count). The van der Waals surface area contributed by atoms with E-state index in [0.717, 1.165) is 17.1 Å². The number of hydrogen-bond donors (Lipinski definition) is 2. The van der Waals surface area contributed by atoms with E-state index >= 15 is 0 Å². The average Bonchev–Trinajstić information content (AvgIpc) is 3.24. The van der Waals surface area contributed by atoms with Gasteiger partial charge in [0.1, 0.15) is 0 Å². The summed E-state index contributed by atoms with van der Waals surface area (Å²) in [6.07, 6.45) is 0. The van der Waals surface area contributed by atoms with Crippen LogP contribution in [0.4, 0.5) is 17.1 Å². The first-order valence-electron chi connectivity index (χ1n) is 19.1. The van der Waals surface area contributed by atoms with Gasteiger partial charge >= 0.3 is 0 Å². The molecule has 0 radical (unpaired) electrons. The normalized spacial score (nSPS) is 21.6. The van der Waals surface area contributed by atoms with E-state index in [9.17, 15) is 0 Å². The number of anilines is 3. The molecule has 8 aromatic rings. The van der Waals surface area contributed by atoms with Crippen molar-refractivity contribution in [3.63, 3.8) is 0 Å². The Labute approximate surface area is 315 Å². The maximum Gasteiger partial charge on any atom is 0.0730 e. The molecule has 8 aromatic carbocycles. The first kappa shape index (κ1) is 29.9. The summed E-state index contributed by atoms with van der Waals surface area (Å²) in [5.74, 6) is 0.357. The van der Waals surface area contributed by atoms with Gasteiger partial charge in [-0.15, -0.1) is 0 Å². The Morgan fingerprint density at radius 2 is 0.593 bits per heavy atom. The molecular weight excluding hydrogens is 653 g/mol. The van der Waals surface area contributed by atoms with Crippen LogP contribution in [0.5, 0.6) is 0 Å². The maximum absolute atomic E-state index is 6.87. The Balaban J connectivity index is 1.29. The van der Waals surface area contributed by atoms with Crippen molar-refractivity contribution >= 4 is 17.1 Å². The zero-order valence-electron chi connectivity index (χ0n) is 29.6. The molecule has 6 aliphatic carbocycles. The van der Waals surface area contributed by atoms with Crippen LogP contribution in [-0.2, 0) is 10.8 Å². The summed E-state index contributed by atoms with van der Waals surface area (Å²) in [4.78, 5) is 0. The van der Waals surface area contributed by atoms with E-state index < -0.39 is 10.8 Å². The average molecular weight is 689 g/mol. The fourth-order valence-electron chi connectivity index (χ4n) is 11.3. The van der Waals surface area contributed by atoms with Gasteiger partial charge in [-0.3, -0.25) is 0 Å². The van der Waals surface area contributed by atoms with Gasteiger partial charge in [0.2, 0.25) is 0 Å². The van der Waals surface area contributed by atoms with Crippen LogP contribution in [0.2, 0.25) is 0 Å². The fraction of sp³-hybridized carbons (Fsp3) is 0.0769. The molecule has 0 spiro atoms. The number of rotatable bonds is 4. The molecule has 0 saturated heterocycles. The van der Waals surface area contributed by atoms with Gasteiger partial charge in [0.15, 0.2) is 0 Å². The van der Waals surface area contributed by atoms with Crippen LogP contribution in [0.3, 0.4) is 0 Å². The van der Waals surface area contributed by atoms with Gasteiger partial charge in [-0.05, 0) is 90.0 Å². The molecule has 0 fully saturated rings. The predicted octanol–water partition coefficient (Wildman–Crippen LogP) is 11.4. The van der Waals surface area contributed by atoms with Gasteiger partial charge in [0.25, 0.3) is 0 Å². The summed E-state index contributed by atoms with van der Waals surface area (Å²) in [6.45, 7) is 0. The van der Waals surface area contributed by atoms with Gasteiger partial charge in [0.05, 0.1) is 22.2 Å². The van der Waals surface area contributed by atoms with Crippen molar-refractivity contribution < 1.29 is 0 Å². The molecule has 3 N–H and O–H groups in total. The molecule has 0 unspecified atom stereocenters. The number of hydrogen-bond acceptors (Lipinski definition) is 2. The second-order valence-electron chi connectivity index (χ2n) is 15.3. The number of nitrogens with two attached hydrogens (primary N) is 1. The zero-order valence-corrected chi connectivity index (χ0v) is 29.6. The van der Waals surface area contributed by atoms with Crippen LogP contribution in [0.25, 0.3) is 0 Å². The SMILES string of the molecule is Nc1ccccc1Nc1c(C23c4ccccc4C(c4ccccc42)c2ccccc23)cccc1C12c3ccccc3C(c3ccccc31)c1ccccc12. The van der Waals surface area contributed by atoms with Crippen LogP contribution < -0.4 is 11.1 Å². The zero-order chi connectivity index (χ0) is 35.6. The summed E-state index contributed by atoms with van der Waals surface area (Å²) >= 11 is 0. The molecule has 0 aromatic heterocycles. The third-order valence-electron chi connectivity index (χ3n) is 13.1. The van der Waals surface area contributed by atoms with Gasteiger partial charge < -0.3 is 11.1 Å². The lowest BCUT2D eigenvalue weighted by atomic mass is 9.48. The van der Waals surface area contributed by atoms with Crippen molar-refractivity contribution in [1.82, 2.24) is 0 Å². The van der Waals surface area contributed by atoms with Gasteiger partial charge in [-0.2, -0.15) is 0 Å². The highest BCUT2D eigenvalue weighted by Crippen LogP contribution is 2.66. The number of para-hydroxylation sites is 3. The topological polar surface area (TPSA) is 38.0 Å². The standard InChI is InChI=1S/C52H36N2/c53-46-30-13-14-31-47(46)54-50-44(51-38-22-7-1-16-32(38)48(33-17-2-8-23-39(33)51)34-18-3-9-24-40(34)51)28-15-29-45(50)52-41-25-10-4-19-35(41)49(36-20-5-11-26-42(36)52)37-21-6-12-27-43(37)52/h1-31,48-49,54H,53H2. The van der Waals surface area contributed by atoms with E-state index in [4.69, 9.17) is 5.73 Å². The molecule has 0 heterocycles. The Morgan fingerprint density at radius 3 is 0.926 bits per heavy atom. The van der Waals surface area contributed by atoms with Crippen LogP contribution in [0.15, 0.2) is 188 Å². The molecule has 4 bridgehead atoms. The lowest BCUT2D eigenvalue weighted by molar-refractivity contribution is 0.616. The molecule has 0 amide bonds. The molecule has 0 atom stereocenters. The maximum atomic E-state index is 6.87. The highest BCUT2D eigenvalue weighted by Gasteiger charge is 2.57. The lowest BCUT2D eigenvalue weighted by Gasteiger charge is -2.54. The third-order valence-corrected chi connectivity index (χ3v) is 13.1. The van der Waals surface area contributed by atoms with Crippen molar-refractivity contribution in [1.29, 1.82) is 0 Å². The van der Waals surface area contributed by atoms with E-state index in [1.807, 2.05) is 12.1 Å². The highest BCUT2D eigenvalue weighted by atomic mass is 14.9. The summed E-state index contributed by atoms with van der Waals surface area (Å²) < 4.78 is 0. The van der Waals surface area contributed by atoms with Crippen molar-refractivity contribution in [3.05, 3.63) is 266 Å². The first-order chi connectivity index (χ1) is 26.7. The highest BCUT2D eigenvalue weighted by molar-refractivity contribution is 5.88. The molecule has 6 aliphatic rings. The Kier molecular flexibility index (Phi) is 5.93. The second kappa shape index (κ2) is 10.7. The van der Waals surface area contributed by atoms with Crippen molar-refractivity contribution in [2.75, 3.05) is 11.1 Å². The quantitative estimate of drug-likeness (QED) is 0.181. The molecule has 2 heteroatoms. The van der Waals surface area contributed by atoms with E-state index in [2.05, 4.69) is 181 Å². The van der Waals surface area contributed by atoms with Crippen LogP contribution >= 0.6 is 0 Å². The minimum absolute atomic E-state index is 0.178. The molecule has 0 saturated carbocycles. The Morgan fingerprint density at radius 1 is 0.315 bits per heavy atom. The molecule has 254 valence electrons. The van der Waals surface area contributed by atoms with Crippen LogP contribution in [-0.4, -0.2) is 0 Å². The van der Waals surface area contributed by atoms with Crippen molar-refractivity contribution in [2.45, 2.75) is 22.7 Å². The Hall–Kier alpha value is -6.64. The third kappa shape index (κ3) is 3.47. The van der Waals surface area contributed by atoms with Crippen LogP contribution in [0.1, 0.15) is 89.7 Å². The smallest absolute Gasteiger partial charge is 0.0730 e. The summed E-state index contributed by atoms with van der Waals surface area (Å²) in [5.41, 5.74) is 27.2. The van der Waals surface area contributed by atoms with E-state index in [1.54, 1.807) is 0 Å².